The number of halogens is 1. The van der Waals surface area contributed by atoms with Crippen LogP contribution in [0.5, 0.6) is 5.75 Å². The molecule has 0 spiro atoms. The summed E-state index contributed by atoms with van der Waals surface area (Å²) in [6.07, 6.45) is 1.37. The molecule has 150 valence electrons. The molecular formula is C20H18ClN3O5. The number of nitrogens with zero attached hydrogens (tertiary/aromatic N) is 1. The second-order valence-corrected chi connectivity index (χ2v) is 6.52. The average molecular weight is 416 g/mol. The third-order valence-electron chi connectivity index (χ3n) is 4.05. The quantitative estimate of drug-likeness (QED) is 0.534. The molecule has 2 amide bonds. The molecule has 0 saturated heterocycles. The second kappa shape index (κ2) is 9.11. The molecule has 3 N–H and O–H groups in total. The summed E-state index contributed by atoms with van der Waals surface area (Å²) in [6.45, 7) is 0. The lowest BCUT2D eigenvalue weighted by molar-refractivity contribution is 0.0690. The fourth-order valence-electron chi connectivity index (χ4n) is 2.60. The number of carboxylic acid groups (broad SMARTS) is 1. The Kier molecular flexibility index (Phi) is 6.36. The Hall–Kier alpha value is -3.52. The first-order chi connectivity index (χ1) is 13.9. The molecule has 0 radical (unpaired) electrons. The van der Waals surface area contributed by atoms with Crippen molar-refractivity contribution >= 4 is 29.3 Å². The minimum atomic E-state index is -1.21. The summed E-state index contributed by atoms with van der Waals surface area (Å²) < 4.78 is 10.4. The van der Waals surface area contributed by atoms with E-state index in [0.29, 0.717) is 22.9 Å². The molecule has 0 fully saturated rings. The maximum Gasteiger partial charge on any atom is 0.357 e. The lowest BCUT2D eigenvalue weighted by Crippen LogP contribution is -2.34. The molecule has 8 nitrogen and oxygen atoms in total. The Labute approximate surface area is 171 Å². The highest BCUT2D eigenvalue weighted by Crippen LogP contribution is 2.21. The van der Waals surface area contributed by atoms with Gasteiger partial charge in [0, 0.05) is 17.1 Å². The molecule has 29 heavy (non-hydrogen) atoms. The number of carbonyl (C=O) groups excluding carboxylic acids is 1. The topological polar surface area (TPSA) is 114 Å². The largest absolute Gasteiger partial charge is 0.497 e. The molecule has 0 aliphatic heterocycles. The molecule has 3 aromatic rings. The van der Waals surface area contributed by atoms with Gasteiger partial charge in [-0.2, -0.15) is 0 Å². The van der Waals surface area contributed by atoms with Crippen molar-refractivity contribution in [2.24, 2.45) is 0 Å². The van der Waals surface area contributed by atoms with Crippen LogP contribution in [0.25, 0.3) is 0 Å². The number of aromatic carboxylic acids is 1. The van der Waals surface area contributed by atoms with Gasteiger partial charge in [-0.15, -0.1) is 0 Å². The highest BCUT2D eigenvalue weighted by atomic mass is 35.5. The van der Waals surface area contributed by atoms with E-state index >= 15 is 0 Å². The number of carboxylic acids is 1. The number of nitrogens with one attached hydrogen (secondary N) is 2. The number of methoxy groups -OCH3 is 1. The Balaban J connectivity index is 1.77. The zero-order chi connectivity index (χ0) is 20.8. The van der Waals surface area contributed by atoms with Crippen LogP contribution < -0.4 is 15.4 Å². The maximum atomic E-state index is 12.5. The summed E-state index contributed by atoms with van der Waals surface area (Å²) in [5.41, 5.74) is 1.19. The van der Waals surface area contributed by atoms with Crippen LogP contribution in [-0.4, -0.2) is 29.2 Å². The SMILES string of the molecule is COc1ccc(CC(NC(=O)Nc2ccc(Cl)cc2)c2nc(C(=O)O)co2)cc1. The predicted molar refractivity (Wildman–Crippen MR) is 107 cm³/mol. The minimum Gasteiger partial charge on any atom is -0.497 e. The van der Waals surface area contributed by atoms with Crippen LogP contribution in [0.4, 0.5) is 10.5 Å². The van der Waals surface area contributed by atoms with Gasteiger partial charge in [0.2, 0.25) is 5.89 Å². The van der Waals surface area contributed by atoms with Gasteiger partial charge in [-0.25, -0.2) is 14.6 Å². The molecule has 9 heteroatoms. The molecule has 3 rings (SSSR count). The summed E-state index contributed by atoms with van der Waals surface area (Å²) >= 11 is 5.85. The summed E-state index contributed by atoms with van der Waals surface area (Å²) in [5, 5.41) is 15.1. The lowest BCUT2D eigenvalue weighted by Gasteiger charge is -2.17. The number of ether oxygens (including phenoxy) is 1. The van der Waals surface area contributed by atoms with Crippen molar-refractivity contribution in [2.75, 3.05) is 12.4 Å². The fraction of sp³-hybridized carbons (Fsp3) is 0.150. The summed E-state index contributed by atoms with van der Waals surface area (Å²) in [6, 6.07) is 12.7. The molecule has 1 aromatic heterocycles. The summed E-state index contributed by atoms with van der Waals surface area (Å²) in [4.78, 5) is 27.5. The van der Waals surface area contributed by atoms with Gasteiger partial charge >= 0.3 is 12.0 Å². The van der Waals surface area contributed by atoms with Crippen LogP contribution >= 0.6 is 11.6 Å². The molecule has 1 unspecified atom stereocenters. The summed E-state index contributed by atoms with van der Waals surface area (Å²) in [7, 11) is 1.57. The third kappa shape index (κ3) is 5.49. The van der Waals surface area contributed by atoms with Crippen molar-refractivity contribution in [2.45, 2.75) is 12.5 Å². The highest BCUT2D eigenvalue weighted by molar-refractivity contribution is 6.30. The van der Waals surface area contributed by atoms with Crippen LogP contribution in [0, 0.1) is 0 Å². The van der Waals surface area contributed by atoms with Gasteiger partial charge in [0.25, 0.3) is 0 Å². The van der Waals surface area contributed by atoms with Crippen molar-refractivity contribution in [3.63, 3.8) is 0 Å². The van der Waals surface area contributed by atoms with Gasteiger partial charge in [0.15, 0.2) is 5.69 Å². The Morgan fingerprint density at radius 1 is 1.17 bits per heavy atom. The smallest absolute Gasteiger partial charge is 0.357 e. The van der Waals surface area contributed by atoms with Crippen molar-refractivity contribution in [1.29, 1.82) is 0 Å². The number of rotatable bonds is 7. The molecule has 0 aliphatic carbocycles. The number of oxazole rings is 1. The van der Waals surface area contributed by atoms with E-state index in [1.54, 1.807) is 43.5 Å². The van der Waals surface area contributed by atoms with Crippen LogP contribution in [0.15, 0.2) is 59.2 Å². The predicted octanol–water partition coefficient (Wildman–Crippen LogP) is 4.14. The fourth-order valence-corrected chi connectivity index (χ4v) is 2.73. The van der Waals surface area contributed by atoms with E-state index in [4.69, 9.17) is 25.9 Å². The van der Waals surface area contributed by atoms with Gasteiger partial charge in [-0.3, -0.25) is 0 Å². The Morgan fingerprint density at radius 3 is 2.45 bits per heavy atom. The van der Waals surface area contributed by atoms with Gasteiger partial charge < -0.3 is 24.9 Å². The van der Waals surface area contributed by atoms with Crippen LogP contribution in [0.2, 0.25) is 5.02 Å². The minimum absolute atomic E-state index is 0.0875. The number of hydrogen-bond acceptors (Lipinski definition) is 5. The number of urea groups is 1. The lowest BCUT2D eigenvalue weighted by atomic mass is 10.1. The number of anilines is 1. The number of amides is 2. The van der Waals surface area contributed by atoms with E-state index in [-0.39, 0.29) is 11.6 Å². The van der Waals surface area contributed by atoms with Crippen molar-refractivity contribution < 1.29 is 23.8 Å². The molecular weight excluding hydrogens is 398 g/mol. The van der Waals surface area contributed by atoms with E-state index in [2.05, 4.69) is 15.6 Å². The van der Waals surface area contributed by atoms with E-state index in [1.807, 2.05) is 12.1 Å². The third-order valence-corrected chi connectivity index (χ3v) is 4.30. The monoisotopic (exact) mass is 415 g/mol. The summed E-state index contributed by atoms with van der Waals surface area (Å²) in [5.74, 6) is -0.429. The van der Waals surface area contributed by atoms with Crippen molar-refractivity contribution in [3.8, 4) is 5.75 Å². The van der Waals surface area contributed by atoms with Crippen molar-refractivity contribution in [1.82, 2.24) is 10.3 Å². The molecule has 1 heterocycles. The van der Waals surface area contributed by atoms with Crippen LogP contribution in [0.1, 0.15) is 28.0 Å². The number of carbonyl (C=O) groups is 2. The van der Waals surface area contributed by atoms with Gasteiger partial charge in [-0.1, -0.05) is 23.7 Å². The van der Waals surface area contributed by atoms with Crippen molar-refractivity contribution in [3.05, 3.63) is 77.0 Å². The average Bonchev–Trinajstić information content (AvgIpc) is 3.20. The zero-order valence-electron chi connectivity index (χ0n) is 15.4. The first kappa shape index (κ1) is 20.2. The normalized spacial score (nSPS) is 11.5. The number of aromatic nitrogens is 1. The highest BCUT2D eigenvalue weighted by Gasteiger charge is 2.22. The standard InChI is InChI=1S/C20H18ClN3O5/c1-28-15-8-2-12(3-9-15)10-16(18-23-17(11-29-18)19(25)26)24-20(27)22-14-6-4-13(21)5-7-14/h2-9,11,16H,10H2,1H3,(H,25,26)(H2,22,24,27). The Morgan fingerprint density at radius 2 is 1.86 bits per heavy atom. The first-order valence-electron chi connectivity index (χ1n) is 8.59. The molecule has 0 aliphatic rings. The van der Waals surface area contributed by atoms with Crippen LogP contribution in [-0.2, 0) is 6.42 Å². The van der Waals surface area contributed by atoms with Gasteiger partial charge in [0.1, 0.15) is 18.1 Å². The second-order valence-electron chi connectivity index (χ2n) is 6.09. The molecule has 0 saturated carbocycles. The first-order valence-corrected chi connectivity index (χ1v) is 8.97. The van der Waals surface area contributed by atoms with E-state index in [1.165, 1.54) is 0 Å². The zero-order valence-corrected chi connectivity index (χ0v) is 16.1. The van der Waals surface area contributed by atoms with Crippen LogP contribution in [0.3, 0.4) is 0 Å². The van der Waals surface area contributed by atoms with E-state index < -0.39 is 18.0 Å². The maximum absolute atomic E-state index is 12.5. The molecule has 1 atom stereocenters. The van der Waals surface area contributed by atoms with E-state index in [0.717, 1.165) is 11.8 Å². The number of benzene rings is 2. The number of hydrogen-bond donors (Lipinski definition) is 3. The molecule has 0 bridgehead atoms. The van der Waals surface area contributed by atoms with Gasteiger partial charge in [-0.05, 0) is 42.0 Å². The van der Waals surface area contributed by atoms with E-state index in [9.17, 15) is 9.59 Å². The van der Waals surface area contributed by atoms with Gasteiger partial charge in [0.05, 0.1) is 7.11 Å². The molecule has 2 aromatic carbocycles. The Bertz CT molecular complexity index is 986.